The van der Waals surface area contributed by atoms with Crippen molar-refractivity contribution in [2.24, 2.45) is 0 Å². The van der Waals surface area contributed by atoms with Crippen LogP contribution in [0.1, 0.15) is 38.3 Å². The second-order valence-corrected chi connectivity index (χ2v) is 9.92. The van der Waals surface area contributed by atoms with E-state index >= 15 is 0 Å². The molecule has 7 heteroatoms. The molecule has 2 saturated heterocycles. The Bertz CT molecular complexity index is 755. The van der Waals surface area contributed by atoms with E-state index in [4.69, 9.17) is 0 Å². The lowest BCUT2D eigenvalue weighted by molar-refractivity contribution is 0.147. The maximum atomic E-state index is 12.5. The smallest absolute Gasteiger partial charge is 0.317 e. The molecule has 2 fully saturated rings. The predicted octanol–water partition coefficient (Wildman–Crippen LogP) is 1.91. The lowest BCUT2D eigenvalue weighted by atomic mass is 9.84. The van der Waals surface area contributed by atoms with Gasteiger partial charge in [-0.3, -0.25) is 0 Å². The molecule has 2 amide bonds. The van der Waals surface area contributed by atoms with Crippen molar-refractivity contribution in [3.63, 3.8) is 0 Å². The molecule has 2 aliphatic heterocycles. The van der Waals surface area contributed by atoms with Gasteiger partial charge in [0.2, 0.25) is 10.0 Å². The van der Waals surface area contributed by atoms with Gasteiger partial charge in [-0.1, -0.05) is 45.0 Å². The molecule has 1 aromatic rings. The average Bonchev–Trinajstić information content (AvgIpc) is 2.87. The number of piperazine rings is 1. The standard InChI is InChI=1S/C18H27N3O3S/c1-18(2,3)16-7-5-4-6-14(16)12-19-17(22)20-9-10-21-15(13-20)8-11-25(21,23)24/h4-7,15H,8-13H2,1-3H3,(H,19,22). The number of sulfonamides is 1. The van der Waals surface area contributed by atoms with Crippen LogP contribution >= 0.6 is 0 Å². The predicted molar refractivity (Wildman–Crippen MR) is 97.8 cm³/mol. The van der Waals surface area contributed by atoms with Gasteiger partial charge in [0.1, 0.15) is 0 Å². The maximum absolute atomic E-state index is 12.5. The number of hydrogen-bond donors (Lipinski definition) is 1. The highest BCUT2D eigenvalue weighted by molar-refractivity contribution is 7.89. The van der Waals surface area contributed by atoms with Crippen LogP contribution in [0.15, 0.2) is 24.3 Å². The van der Waals surface area contributed by atoms with Crippen LogP contribution in [0, 0.1) is 0 Å². The number of carbonyl (C=O) groups excluding carboxylic acids is 1. The molecule has 2 heterocycles. The molecule has 25 heavy (non-hydrogen) atoms. The summed E-state index contributed by atoms with van der Waals surface area (Å²) in [5.74, 6) is 0.200. The highest BCUT2D eigenvalue weighted by Gasteiger charge is 2.41. The number of fused-ring (bicyclic) bond motifs is 1. The van der Waals surface area contributed by atoms with Crippen molar-refractivity contribution in [2.45, 2.75) is 45.2 Å². The van der Waals surface area contributed by atoms with Crippen molar-refractivity contribution in [2.75, 3.05) is 25.4 Å². The Morgan fingerprint density at radius 3 is 2.68 bits per heavy atom. The third-order valence-corrected chi connectivity index (χ3v) is 6.98. The number of hydrogen-bond acceptors (Lipinski definition) is 3. The quantitative estimate of drug-likeness (QED) is 0.870. The van der Waals surface area contributed by atoms with E-state index in [0.29, 0.717) is 32.6 Å². The van der Waals surface area contributed by atoms with Crippen molar-refractivity contribution in [3.05, 3.63) is 35.4 Å². The van der Waals surface area contributed by atoms with Crippen LogP contribution in [0.25, 0.3) is 0 Å². The van der Waals surface area contributed by atoms with E-state index < -0.39 is 10.0 Å². The van der Waals surface area contributed by atoms with Gasteiger partial charge in [-0.15, -0.1) is 0 Å². The van der Waals surface area contributed by atoms with Gasteiger partial charge in [-0.05, 0) is 23.0 Å². The second-order valence-electron chi connectivity index (χ2n) is 7.88. The largest absolute Gasteiger partial charge is 0.334 e. The Morgan fingerprint density at radius 2 is 1.96 bits per heavy atom. The summed E-state index contributed by atoms with van der Waals surface area (Å²) >= 11 is 0. The van der Waals surface area contributed by atoms with E-state index in [0.717, 1.165) is 5.56 Å². The Balaban J connectivity index is 1.61. The van der Waals surface area contributed by atoms with Crippen LogP contribution in [0.5, 0.6) is 0 Å². The van der Waals surface area contributed by atoms with Crippen LogP contribution in [0.3, 0.4) is 0 Å². The van der Waals surface area contributed by atoms with Gasteiger partial charge in [0.05, 0.1) is 5.75 Å². The van der Waals surface area contributed by atoms with E-state index in [1.807, 2.05) is 18.2 Å². The molecule has 2 aliphatic rings. The zero-order valence-electron chi connectivity index (χ0n) is 15.2. The Labute approximate surface area is 150 Å². The van der Waals surface area contributed by atoms with Crippen molar-refractivity contribution in [1.29, 1.82) is 0 Å². The minimum Gasteiger partial charge on any atom is -0.334 e. The van der Waals surface area contributed by atoms with Gasteiger partial charge in [0.25, 0.3) is 0 Å². The number of urea groups is 1. The van der Waals surface area contributed by atoms with E-state index in [9.17, 15) is 13.2 Å². The maximum Gasteiger partial charge on any atom is 0.317 e. The Hall–Kier alpha value is -1.60. The summed E-state index contributed by atoms with van der Waals surface area (Å²) in [5.41, 5.74) is 2.36. The number of benzene rings is 1. The summed E-state index contributed by atoms with van der Waals surface area (Å²) in [6, 6.07) is 7.97. The van der Waals surface area contributed by atoms with Gasteiger partial charge in [-0.25, -0.2) is 13.2 Å². The summed E-state index contributed by atoms with van der Waals surface area (Å²) in [4.78, 5) is 14.3. The first-order chi connectivity index (χ1) is 11.7. The fraction of sp³-hybridized carbons (Fsp3) is 0.611. The molecule has 3 rings (SSSR count). The summed E-state index contributed by atoms with van der Waals surface area (Å²) in [7, 11) is -3.10. The summed E-state index contributed by atoms with van der Waals surface area (Å²) in [6.07, 6.45) is 0.610. The SMILES string of the molecule is CC(C)(C)c1ccccc1CNC(=O)N1CCN2C(CCS2(=O)=O)C1. The molecule has 1 atom stereocenters. The minimum atomic E-state index is -3.10. The summed E-state index contributed by atoms with van der Waals surface area (Å²) in [5, 5.41) is 3.00. The highest BCUT2D eigenvalue weighted by Crippen LogP contribution is 2.26. The molecular weight excluding hydrogens is 338 g/mol. The molecule has 138 valence electrons. The lowest BCUT2D eigenvalue weighted by Gasteiger charge is -2.36. The van der Waals surface area contributed by atoms with Crippen molar-refractivity contribution in [1.82, 2.24) is 14.5 Å². The summed E-state index contributed by atoms with van der Waals surface area (Å²) in [6.45, 7) is 8.29. The van der Waals surface area contributed by atoms with Gasteiger partial charge >= 0.3 is 6.03 Å². The number of rotatable bonds is 2. The molecule has 6 nitrogen and oxygen atoms in total. The van der Waals surface area contributed by atoms with Gasteiger partial charge in [0, 0.05) is 32.2 Å². The first-order valence-electron chi connectivity index (χ1n) is 8.79. The van der Waals surface area contributed by atoms with Crippen LogP contribution in [0.4, 0.5) is 4.79 Å². The Kier molecular flexibility index (Phi) is 4.81. The molecule has 1 N–H and O–H groups in total. The lowest BCUT2D eigenvalue weighted by Crippen LogP contribution is -2.55. The van der Waals surface area contributed by atoms with Crippen LogP contribution in [-0.4, -0.2) is 55.1 Å². The third-order valence-electron chi connectivity index (χ3n) is 5.04. The zero-order valence-corrected chi connectivity index (χ0v) is 16.0. The first-order valence-corrected chi connectivity index (χ1v) is 10.4. The van der Waals surface area contributed by atoms with E-state index in [2.05, 4.69) is 32.2 Å². The fourth-order valence-electron chi connectivity index (χ4n) is 3.72. The molecular formula is C18H27N3O3S. The first kappa shape index (κ1) is 18.2. The number of nitrogens with zero attached hydrogens (tertiary/aromatic N) is 2. The van der Waals surface area contributed by atoms with Gasteiger partial charge < -0.3 is 10.2 Å². The number of amides is 2. The molecule has 0 aromatic heterocycles. The van der Waals surface area contributed by atoms with Crippen molar-refractivity contribution >= 4 is 16.1 Å². The number of nitrogens with one attached hydrogen (secondary N) is 1. The van der Waals surface area contributed by atoms with Gasteiger partial charge in [0.15, 0.2) is 0 Å². The fourth-order valence-corrected chi connectivity index (χ4v) is 5.51. The van der Waals surface area contributed by atoms with Gasteiger partial charge in [-0.2, -0.15) is 4.31 Å². The topological polar surface area (TPSA) is 69.7 Å². The van der Waals surface area contributed by atoms with Crippen molar-refractivity contribution in [3.8, 4) is 0 Å². The minimum absolute atomic E-state index is 0.0190. The van der Waals surface area contributed by atoms with Crippen molar-refractivity contribution < 1.29 is 13.2 Å². The van der Waals surface area contributed by atoms with Crippen LogP contribution in [0.2, 0.25) is 0 Å². The average molecular weight is 365 g/mol. The monoisotopic (exact) mass is 365 g/mol. The molecule has 0 bridgehead atoms. The van der Waals surface area contributed by atoms with Crippen LogP contribution < -0.4 is 5.32 Å². The Morgan fingerprint density at radius 1 is 1.24 bits per heavy atom. The highest BCUT2D eigenvalue weighted by atomic mass is 32.2. The molecule has 1 unspecified atom stereocenters. The molecule has 0 aliphatic carbocycles. The van der Waals surface area contributed by atoms with Crippen LogP contribution in [-0.2, 0) is 22.0 Å². The molecule has 0 radical (unpaired) electrons. The van der Waals surface area contributed by atoms with E-state index in [1.165, 1.54) is 5.56 Å². The second kappa shape index (κ2) is 6.61. The van der Waals surface area contributed by atoms with E-state index in [1.54, 1.807) is 9.21 Å². The third kappa shape index (κ3) is 3.82. The van der Waals surface area contributed by atoms with E-state index in [-0.39, 0.29) is 23.2 Å². The molecule has 0 saturated carbocycles. The normalized spacial score (nSPS) is 23.3. The zero-order chi connectivity index (χ0) is 18.2. The molecule has 1 aromatic carbocycles. The number of carbonyl (C=O) groups is 1. The molecule has 0 spiro atoms. The summed E-state index contributed by atoms with van der Waals surface area (Å²) < 4.78 is 25.4.